The van der Waals surface area contributed by atoms with E-state index in [4.69, 9.17) is 5.11 Å². The normalized spacial score (nSPS) is 14.4. The van der Waals surface area contributed by atoms with Crippen molar-refractivity contribution < 1.29 is 14.3 Å². The van der Waals surface area contributed by atoms with Crippen LogP contribution in [0.2, 0.25) is 0 Å². The molecule has 0 radical (unpaired) electrons. The molecule has 1 aromatic carbocycles. The summed E-state index contributed by atoms with van der Waals surface area (Å²) in [4.78, 5) is 11.0. The van der Waals surface area contributed by atoms with Gasteiger partial charge < -0.3 is 10.4 Å². The lowest BCUT2D eigenvalue weighted by Crippen LogP contribution is -2.10. The average molecular weight is 249 g/mol. The summed E-state index contributed by atoms with van der Waals surface area (Å²) in [7, 11) is 0. The molecule has 96 valence electrons. The summed E-state index contributed by atoms with van der Waals surface area (Å²) in [6.45, 7) is 0.563. The third kappa shape index (κ3) is 2.88. The first-order valence-corrected chi connectivity index (χ1v) is 6.12. The first kappa shape index (κ1) is 12.6. The summed E-state index contributed by atoms with van der Waals surface area (Å²) in [5, 5.41) is 11.9. The van der Waals surface area contributed by atoms with Gasteiger partial charge in [0.1, 0.15) is 5.82 Å². The number of carboxylic acid groups (broad SMARTS) is 1. The van der Waals surface area contributed by atoms with Gasteiger partial charge in [0, 0.05) is 6.54 Å². The van der Waals surface area contributed by atoms with E-state index >= 15 is 0 Å². The van der Waals surface area contributed by atoms with Gasteiger partial charge in [-0.1, -0.05) is 17.7 Å². The zero-order valence-corrected chi connectivity index (χ0v) is 10.1. The van der Waals surface area contributed by atoms with Crippen LogP contribution in [0, 0.1) is 5.82 Å². The quantitative estimate of drug-likeness (QED) is 0.786. The van der Waals surface area contributed by atoms with E-state index in [0.717, 1.165) is 19.3 Å². The molecule has 2 N–H and O–H groups in total. The van der Waals surface area contributed by atoms with Crippen LogP contribution >= 0.6 is 0 Å². The van der Waals surface area contributed by atoms with Crippen molar-refractivity contribution in [3.63, 3.8) is 0 Å². The molecule has 3 nitrogen and oxygen atoms in total. The molecule has 0 spiro atoms. The smallest absolute Gasteiger partial charge is 0.337 e. The molecule has 1 aromatic rings. The molecule has 0 aromatic heterocycles. The number of aromatic carboxylic acids is 1. The minimum atomic E-state index is -1.11. The van der Waals surface area contributed by atoms with E-state index in [0.29, 0.717) is 6.54 Å². The van der Waals surface area contributed by atoms with Gasteiger partial charge in [-0.3, -0.25) is 0 Å². The predicted octanol–water partition coefficient (Wildman–Crippen LogP) is 3.44. The summed E-state index contributed by atoms with van der Waals surface area (Å²) in [6, 6.07) is 4.08. The van der Waals surface area contributed by atoms with E-state index in [1.807, 2.05) is 0 Å². The highest BCUT2D eigenvalue weighted by atomic mass is 19.1. The van der Waals surface area contributed by atoms with E-state index in [1.165, 1.54) is 30.2 Å². The van der Waals surface area contributed by atoms with Gasteiger partial charge >= 0.3 is 5.97 Å². The number of carbonyl (C=O) groups is 1. The van der Waals surface area contributed by atoms with Crippen LogP contribution in [-0.2, 0) is 0 Å². The minimum absolute atomic E-state index is 0.0181. The molecular weight excluding hydrogens is 233 g/mol. The molecule has 2 rings (SSSR count). The lowest BCUT2D eigenvalue weighted by Gasteiger charge is -2.10. The number of hydrogen-bond acceptors (Lipinski definition) is 2. The Morgan fingerprint density at radius 1 is 1.44 bits per heavy atom. The summed E-state index contributed by atoms with van der Waals surface area (Å²) in [5.41, 5.74) is 1.44. The molecule has 1 aliphatic carbocycles. The Morgan fingerprint density at radius 2 is 2.28 bits per heavy atom. The molecule has 0 saturated carbocycles. The number of anilines is 1. The molecule has 0 amide bonds. The van der Waals surface area contributed by atoms with Crippen LogP contribution < -0.4 is 5.32 Å². The Labute approximate surface area is 105 Å². The van der Waals surface area contributed by atoms with Crippen molar-refractivity contribution in [1.82, 2.24) is 0 Å². The van der Waals surface area contributed by atoms with Crippen molar-refractivity contribution in [3.8, 4) is 0 Å². The maximum Gasteiger partial charge on any atom is 0.337 e. The van der Waals surface area contributed by atoms with Crippen LogP contribution in [0.25, 0.3) is 0 Å². The molecule has 0 saturated heterocycles. The van der Waals surface area contributed by atoms with E-state index in [-0.39, 0.29) is 11.3 Å². The second-order valence-electron chi connectivity index (χ2n) is 4.40. The summed E-state index contributed by atoms with van der Waals surface area (Å²) in [6.07, 6.45) is 6.46. The summed E-state index contributed by atoms with van der Waals surface area (Å²) in [5.74, 6) is -1.63. The molecule has 18 heavy (non-hydrogen) atoms. The Morgan fingerprint density at radius 3 is 2.94 bits per heavy atom. The van der Waals surface area contributed by atoms with E-state index in [1.54, 1.807) is 0 Å². The number of halogens is 1. The van der Waals surface area contributed by atoms with Gasteiger partial charge in [-0.15, -0.1) is 0 Å². The largest absolute Gasteiger partial charge is 0.478 e. The molecule has 1 aliphatic rings. The molecule has 0 aliphatic heterocycles. The first-order chi connectivity index (χ1) is 8.68. The standard InChI is InChI=1S/C14H16FNO2/c15-12-7-3-6-11(14(17)18)13(12)16-9-8-10-4-1-2-5-10/h3-4,6-7,16H,1-2,5,8-9H2,(H,17,18). The van der Waals surface area contributed by atoms with Crippen molar-refractivity contribution in [2.75, 3.05) is 11.9 Å². The van der Waals surface area contributed by atoms with E-state index in [2.05, 4.69) is 11.4 Å². The van der Waals surface area contributed by atoms with Crippen LogP contribution in [-0.4, -0.2) is 17.6 Å². The van der Waals surface area contributed by atoms with Crippen LogP contribution in [0.3, 0.4) is 0 Å². The van der Waals surface area contributed by atoms with Gasteiger partial charge in [-0.05, 0) is 37.8 Å². The minimum Gasteiger partial charge on any atom is -0.478 e. The molecule has 0 heterocycles. The maximum atomic E-state index is 13.6. The monoisotopic (exact) mass is 249 g/mol. The molecule has 0 unspecified atom stereocenters. The number of hydrogen-bond donors (Lipinski definition) is 2. The van der Waals surface area contributed by atoms with Gasteiger partial charge in [0.05, 0.1) is 11.3 Å². The summed E-state index contributed by atoms with van der Waals surface area (Å²) < 4.78 is 13.6. The topological polar surface area (TPSA) is 49.3 Å². The fourth-order valence-corrected chi connectivity index (χ4v) is 2.19. The fourth-order valence-electron chi connectivity index (χ4n) is 2.19. The number of rotatable bonds is 5. The molecule has 0 bridgehead atoms. The van der Waals surface area contributed by atoms with Crippen molar-refractivity contribution in [3.05, 3.63) is 41.2 Å². The van der Waals surface area contributed by atoms with Gasteiger partial charge in [-0.25, -0.2) is 9.18 Å². The van der Waals surface area contributed by atoms with E-state index in [9.17, 15) is 9.18 Å². The Bertz CT molecular complexity index is 483. The molecule has 0 fully saturated rings. The van der Waals surface area contributed by atoms with E-state index < -0.39 is 11.8 Å². The van der Waals surface area contributed by atoms with Crippen molar-refractivity contribution >= 4 is 11.7 Å². The lowest BCUT2D eigenvalue weighted by atomic mass is 10.1. The number of allylic oxidation sites excluding steroid dienone is 1. The van der Waals surface area contributed by atoms with Crippen LogP contribution in [0.4, 0.5) is 10.1 Å². The Kier molecular flexibility index (Phi) is 3.97. The number of benzene rings is 1. The van der Waals surface area contributed by atoms with Crippen LogP contribution in [0.15, 0.2) is 29.8 Å². The number of nitrogens with one attached hydrogen (secondary N) is 1. The Hall–Kier alpha value is -1.84. The van der Waals surface area contributed by atoms with Crippen molar-refractivity contribution in [2.45, 2.75) is 25.7 Å². The summed E-state index contributed by atoms with van der Waals surface area (Å²) >= 11 is 0. The molecule has 4 heteroatoms. The van der Waals surface area contributed by atoms with Crippen LogP contribution in [0.5, 0.6) is 0 Å². The highest BCUT2D eigenvalue weighted by Gasteiger charge is 2.13. The third-order valence-corrected chi connectivity index (χ3v) is 3.13. The average Bonchev–Trinajstić information content (AvgIpc) is 2.84. The van der Waals surface area contributed by atoms with Crippen molar-refractivity contribution in [1.29, 1.82) is 0 Å². The lowest BCUT2D eigenvalue weighted by molar-refractivity contribution is 0.0697. The zero-order valence-electron chi connectivity index (χ0n) is 10.1. The SMILES string of the molecule is O=C(O)c1cccc(F)c1NCCC1=CCCC1. The molecular formula is C14H16FNO2. The Balaban J connectivity index is 2.01. The first-order valence-electron chi connectivity index (χ1n) is 6.12. The number of para-hydroxylation sites is 1. The van der Waals surface area contributed by atoms with Gasteiger partial charge in [0.15, 0.2) is 0 Å². The van der Waals surface area contributed by atoms with Gasteiger partial charge in [0.25, 0.3) is 0 Å². The fraction of sp³-hybridized carbons (Fsp3) is 0.357. The molecule has 0 atom stereocenters. The second-order valence-corrected chi connectivity index (χ2v) is 4.40. The maximum absolute atomic E-state index is 13.6. The third-order valence-electron chi connectivity index (χ3n) is 3.13. The van der Waals surface area contributed by atoms with Gasteiger partial charge in [0.2, 0.25) is 0 Å². The predicted molar refractivity (Wildman–Crippen MR) is 68.4 cm³/mol. The highest BCUT2D eigenvalue weighted by Crippen LogP contribution is 2.23. The van der Waals surface area contributed by atoms with Crippen LogP contribution in [0.1, 0.15) is 36.0 Å². The highest BCUT2D eigenvalue weighted by molar-refractivity contribution is 5.94. The number of carboxylic acids is 1. The zero-order chi connectivity index (χ0) is 13.0. The second kappa shape index (κ2) is 5.67. The van der Waals surface area contributed by atoms with Gasteiger partial charge in [-0.2, -0.15) is 0 Å². The van der Waals surface area contributed by atoms with Crippen molar-refractivity contribution in [2.24, 2.45) is 0 Å².